The second-order valence-corrected chi connectivity index (χ2v) is 4.90. The molecular weight excluding hydrogens is 279 g/mol. The van der Waals surface area contributed by atoms with Crippen LogP contribution in [0.3, 0.4) is 0 Å². The van der Waals surface area contributed by atoms with Gasteiger partial charge in [0.2, 0.25) is 0 Å². The number of anilines is 2. The maximum atomic E-state index is 13.5. The monoisotopic (exact) mass is 294 g/mol. The highest BCUT2D eigenvalue weighted by molar-refractivity contribution is 6.31. The van der Waals surface area contributed by atoms with Crippen molar-refractivity contribution in [2.45, 2.75) is 13.0 Å². The van der Waals surface area contributed by atoms with Crippen LogP contribution in [0, 0.1) is 5.82 Å². The third-order valence-electron chi connectivity index (χ3n) is 3.08. The van der Waals surface area contributed by atoms with Crippen molar-refractivity contribution in [1.82, 2.24) is 0 Å². The summed E-state index contributed by atoms with van der Waals surface area (Å²) in [5, 5.41) is 3.19. The van der Waals surface area contributed by atoms with Crippen molar-refractivity contribution >= 4 is 23.0 Å². The van der Waals surface area contributed by atoms with Crippen LogP contribution in [0.25, 0.3) is 0 Å². The summed E-state index contributed by atoms with van der Waals surface area (Å²) >= 11 is 5.68. The van der Waals surface area contributed by atoms with E-state index in [1.807, 2.05) is 31.2 Å². The zero-order valence-corrected chi connectivity index (χ0v) is 12.0. The van der Waals surface area contributed by atoms with Crippen LogP contribution in [0.5, 0.6) is 5.75 Å². The highest BCUT2D eigenvalue weighted by Crippen LogP contribution is 2.29. The average Bonchev–Trinajstić information content (AvgIpc) is 2.44. The fraction of sp³-hybridized carbons (Fsp3) is 0.200. The van der Waals surface area contributed by atoms with Gasteiger partial charge in [-0.25, -0.2) is 4.39 Å². The van der Waals surface area contributed by atoms with Crippen LogP contribution < -0.4 is 15.8 Å². The third kappa shape index (κ3) is 3.14. The smallest absolute Gasteiger partial charge is 0.143 e. The predicted octanol–water partition coefficient (Wildman–Crippen LogP) is 4.24. The fourth-order valence-electron chi connectivity index (χ4n) is 1.90. The van der Waals surface area contributed by atoms with Crippen LogP contribution in [-0.2, 0) is 0 Å². The van der Waals surface area contributed by atoms with Crippen LogP contribution in [0.15, 0.2) is 36.4 Å². The lowest BCUT2D eigenvalue weighted by atomic mass is 10.1. The summed E-state index contributed by atoms with van der Waals surface area (Å²) in [6.07, 6.45) is 0. The quantitative estimate of drug-likeness (QED) is 0.829. The van der Waals surface area contributed by atoms with E-state index in [0.29, 0.717) is 11.4 Å². The molecule has 0 aromatic heterocycles. The van der Waals surface area contributed by atoms with E-state index >= 15 is 0 Å². The van der Waals surface area contributed by atoms with E-state index in [2.05, 4.69) is 5.32 Å². The van der Waals surface area contributed by atoms with E-state index in [4.69, 9.17) is 22.1 Å². The van der Waals surface area contributed by atoms with Crippen molar-refractivity contribution in [2.24, 2.45) is 0 Å². The standard InChI is InChI=1S/C15H16ClFN2O/c1-9(10-3-5-11(20-2)6-4-10)19-15-8-13(17)12(16)7-14(15)18/h3-9,19H,18H2,1-2H3. The summed E-state index contributed by atoms with van der Waals surface area (Å²) in [5.74, 6) is 0.295. The van der Waals surface area contributed by atoms with Crippen molar-refractivity contribution in [3.63, 3.8) is 0 Å². The molecule has 5 heteroatoms. The van der Waals surface area contributed by atoms with Crippen molar-refractivity contribution < 1.29 is 9.13 Å². The van der Waals surface area contributed by atoms with E-state index in [0.717, 1.165) is 11.3 Å². The first-order chi connectivity index (χ1) is 9.51. The molecule has 0 aliphatic carbocycles. The van der Waals surface area contributed by atoms with E-state index in [9.17, 15) is 4.39 Å². The molecule has 2 rings (SSSR count). The minimum absolute atomic E-state index is 0.0187. The molecule has 20 heavy (non-hydrogen) atoms. The number of rotatable bonds is 4. The van der Waals surface area contributed by atoms with Crippen molar-refractivity contribution in [2.75, 3.05) is 18.2 Å². The number of hydrogen-bond donors (Lipinski definition) is 2. The first kappa shape index (κ1) is 14.5. The van der Waals surface area contributed by atoms with Crippen LogP contribution in [0.1, 0.15) is 18.5 Å². The number of methoxy groups -OCH3 is 1. The summed E-state index contributed by atoms with van der Waals surface area (Å²) in [7, 11) is 1.62. The SMILES string of the molecule is COc1ccc(C(C)Nc2cc(F)c(Cl)cc2N)cc1. The molecule has 0 radical (unpaired) electrons. The minimum Gasteiger partial charge on any atom is -0.497 e. The molecule has 0 aliphatic rings. The van der Waals surface area contributed by atoms with Crippen LogP contribution in [0.2, 0.25) is 5.02 Å². The van der Waals surface area contributed by atoms with Gasteiger partial charge in [-0.15, -0.1) is 0 Å². The molecule has 0 heterocycles. The molecule has 0 fully saturated rings. The summed E-state index contributed by atoms with van der Waals surface area (Å²) < 4.78 is 18.6. The molecule has 106 valence electrons. The Morgan fingerprint density at radius 1 is 1.25 bits per heavy atom. The molecule has 1 atom stereocenters. The Morgan fingerprint density at radius 2 is 1.90 bits per heavy atom. The molecule has 0 spiro atoms. The zero-order chi connectivity index (χ0) is 14.7. The lowest BCUT2D eigenvalue weighted by molar-refractivity contribution is 0.414. The van der Waals surface area contributed by atoms with Gasteiger partial charge in [-0.1, -0.05) is 23.7 Å². The van der Waals surface area contributed by atoms with Crippen LogP contribution in [0.4, 0.5) is 15.8 Å². The second kappa shape index (κ2) is 6.01. The summed E-state index contributed by atoms with van der Waals surface area (Å²) in [5.41, 5.74) is 7.81. The lowest BCUT2D eigenvalue weighted by Crippen LogP contribution is -2.08. The van der Waals surface area contributed by atoms with Gasteiger partial charge in [0.05, 0.1) is 23.5 Å². The van der Waals surface area contributed by atoms with E-state index in [-0.39, 0.29) is 11.1 Å². The Hall–Kier alpha value is -1.94. The summed E-state index contributed by atoms with van der Waals surface area (Å²) in [6.45, 7) is 1.97. The van der Waals surface area contributed by atoms with E-state index in [1.165, 1.54) is 12.1 Å². The second-order valence-electron chi connectivity index (χ2n) is 4.49. The molecule has 1 unspecified atom stereocenters. The molecule has 0 aliphatic heterocycles. The molecule has 0 bridgehead atoms. The van der Waals surface area contributed by atoms with Crippen molar-refractivity contribution in [3.05, 3.63) is 52.8 Å². The van der Waals surface area contributed by atoms with Gasteiger partial charge in [0.15, 0.2) is 0 Å². The van der Waals surface area contributed by atoms with Gasteiger partial charge in [0.1, 0.15) is 11.6 Å². The molecule has 2 aromatic rings. The number of nitrogens with two attached hydrogens (primary N) is 1. The molecular formula is C15H16ClFN2O. The Balaban J connectivity index is 2.18. The highest BCUT2D eigenvalue weighted by Gasteiger charge is 2.10. The highest BCUT2D eigenvalue weighted by atomic mass is 35.5. The number of benzene rings is 2. The Morgan fingerprint density at radius 3 is 2.50 bits per heavy atom. The van der Waals surface area contributed by atoms with Gasteiger partial charge in [0.25, 0.3) is 0 Å². The van der Waals surface area contributed by atoms with Crippen LogP contribution >= 0.6 is 11.6 Å². The Kier molecular flexibility index (Phi) is 4.35. The van der Waals surface area contributed by atoms with Gasteiger partial charge in [-0.2, -0.15) is 0 Å². The number of nitrogen functional groups attached to an aromatic ring is 1. The van der Waals surface area contributed by atoms with Crippen LogP contribution in [-0.4, -0.2) is 7.11 Å². The summed E-state index contributed by atoms with van der Waals surface area (Å²) in [4.78, 5) is 0. The molecule has 2 aromatic carbocycles. The maximum Gasteiger partial charge on any atom is 0.143 e. The van der Waals surface area contributed by atoms with Gasteiger partial charge < -0.3 is 15.8 Å². The average molecular weight is 295 g/mol. The number of nitrogens with one attached hydrogen (secondary N) is 1. The Labute approximate surface area is 122 Å². The third-order valence-corrected chi connectivity index (χ3v) is 3.37. The molecule has 0 saturated carbocycles. The lowest BCUT2D eigenvalue weighted by Gasteiger charge is -2.18. The number of halogens is 2. The van der Waals surface area contributed by atoms with Crippen molar-refractivity contribution in [3.8, 4) is 5.75 Å². The molecule has 0 saturated heterocycles. The first-order valence-corrected chi connectivity index (χ1v) is 6.54. The fourth-order valence-corrected chi connectivity index (χ4v) is 2.07. The number of hydrogen-bond acceptors (Lipinski definition) is 3. The van der Waals surface area contributed by atoms with Gasteiger partial charge in [-0.05, 0) is 30.7 Å². The van der Waals surface area contributed by atoms with E-state index < -0.39 is 5.82 Å². The maximum absolute atomic E-state index is 13.5. The zero-order valence-electron chi connectivity index (χ0n) is 11.3. The predicted molar refractivity (Wildman–Crippen MR) is 80.9 cm³/mol. The first-order valence-electron chi connectivity index (χ1n) is 6.16. The minimum atomic E-state index is -0.495. The molecule has 3 nitrogen and oxygen atoms in total. The topological polar surface area (TPSA) is 47.3 Å². The Bertz CT molecular complexity index is 602. The van der Waals surface area contributed by atoms with E-state index in [1.54, 1.807) is 7.11 Å². The largest absolute Gasteiger partial charge is 0.497 e. The molecule has 0 amide bonds. The normalized spacial score (nSPS) is 12.0. The molecule has 3 N–H and O–H groups in total. The van der Waals surface area contributed by atoms with Gasteiger partial charge in [-0.3, -0.25) is 0 Å². The number of ether oxygens (including phenoxy) is 1. The summed E-state index contributed by atoms with van der Waals surface area (Å²) in [6, 6.07) is 10.3. The van der Waals surface area contributed by atoms with Gasteiger partial charge >= 0.3 is 0 Å². The van der Waals surface area contributed by atoms with Crippen molar-refractivity contribution in [1.29, 1.82) is 0 Å². The van der Waals surface area contributed by atoms with Gasteiger partial charge in [0, 0.05) is 12.1 Å².